The van der Waals surface area contributed by atoms with Gasteiger partial charge < -0.3 is 9.30 Å². The number of imidazole rings is 1. The largest absolute Gasteiger partial charge is 0.372 e. The summed E-state index contributed by atoms with van der Waals surface area (Å²) in [5, 5.41) is 0. The lowest BCUT2D eigenvalue weighted by Gasteiger charge is -2.32. The third kappa shape index (κ3) is 2.21. The Kier molecular flexibility index (Phi) is 2.46. The van der Waals surface area contributed by atoms with E-state index >= 15 is 0 Å². The van der Waals surface area contributed by atoms with E-state index in [2.05, 4.69) is 20.6 Å². The molecule has 2 atom stereocenters. The Morgan fingerprint density at radius 3 is 3.13 bits per heavy atom. The van der Waals surface area contributed by atoms with Crippen LogP contribution in [0.3, 0.4) is 0 Å². The fraction of sp³-hybridized carbons (Fsp3) is 0.727. The summed E-state index contributed by atoms with van der Waals surface area (Å²) < 4.78 is 7.51. The molecule has 2 aliphatic heterocycles. The third-order valence-corrected chi connectivity index (χ3v) is 3.29. The van der Waals surface area contributed by atoms with E-state index in [-0.39, 0.29) is 0 Å². The molecule has 2 saturated heterocycles. The second-order valence-corrected chi connectivity index (χ2v) is 4.52. The highest BCUT2D eigenvalue weighted by molar-refractivity contribution is 4.86. The Hall–Kier alpha value is -0.870. The van der Waals surface area contributed by atoms with Crippen molar-refractivity contribution in [2.45, 2.75) is 25.0 Å². The van der Waals surface area contributed by atoms with Gasteiger partial charge in [0.2, 0.25) is 0 Å². The van der Waals surface area contributed by atoms with Gasteiger partial charge in [-0.25, -0.2) is 4.98 Å². The van der Waals surface area contributed by atoms with Gasteiger partial charge in [0.15, 0.2) is 0 Å². The SMILES string of the molecule is c1cn([C@@H]2CCCN(C[C@@H]3CO3)C2)cn1. The zero-order chi connectivity index (χ0) is 10.1. The molecule has 0 amide bonds. The number of aromatic nitrogens is 2. The smallest absolute Gasteiger partial charge is 0.0948 e. The van der Waals surface area contributed by atoms with E-state index in [1.54, 1.807) is 0 Å². The molecule has 4 heteroatoms. The fourth-order valence-corrected chi connectivity index (χ4v) is 2.39. The normalized spacial score (nSPS) is 31.7. The Labute approximate surface area is 89.9 Å². The molecule has 3 heterocycles. The minimum atomic E-state index is 0.520. The molecule has 0 unspecified atom stereocenters. The van der Waals surface area contributed by atoms with Crippen LogP contribution in [0.15, 0.2) is 18.7 Å². The Balaban J connectivity index is 1.60. The van der Waals surface area contributed by atoms with E-state index in [0.717, 1.165) is 19.7 Å². The zero-order valence-corrected chi connectivity index (χ0v) is 8.88. The molecule has 0 bridgehead atoms. The van der Waals surface area contributed by atoms with E-state index in [1.165, 1.54) is 19.4 Å². The van der Waals surface area contributed by atoms with Crippen LogP contribution in [0.4, 0.5) is 0 Å². The van der Waals surface area contributed by atoms with Gasteiger partial charge in [0, 0.05) is 31.5 Å². The monoisotopic (exact) mass is 207 g/mol. The first-order chi connectivity index (χ1) is 7.42. The van der Waals surface area contributed by atoms with Crippen molar-refractivity contribution in [1.82, 2.24) is 14.5 Å². The minimum absolute atomic E-state index is 0.520. The van der Waals surface area contributed by atoms with Crippen LogP contribution in [0.1, 0.15) is 18.9 Å². The second-order valence-electron chi connectivity index (χ2n) is 4.52. The van der Waals surface area contributed by atoms with Crippen molar-refractivity contribution in [2.24, 2.45) is 0 Å². The van der Waals surface area contributed by atoms with Gasteiger partial charge in [-0.05, 0) is 19.4 Å². The van der Waals surface area contributed by atoms with Gasteiger partial charge in [-0.15, -0.1) is 0 Å². The van der Waals surface area contributed by atoms with Crippen LogP contribution in [-0.2, 0) is 4.74 Å². The maximum Gasteiger partial charge on any atom is 0.0948 e. The van der Waals surface area contributed by atoms with Crippen molar-refractivity contribution in [3.8, 4) is 0 Å². The van der Waals surface area contributed by atoms with Gasteiger partial charge >= 0.3 is 0 Å². The highest BCUT2D eigenvalue weighted by Gasteiger charge is 2.28. The van der Waals surface area contributed by atoms with Crippen LogP contribution in [0, 0.1) is 0 Å². The number of epoxide rings is 1. The van der Waals surface area contributed by atoms with E-state index in [4.69, 9.17) is 4.74 Å². The molecule has 0 N–H and O–H groups in total. The van der Waals surface area contributed by atoms with Crippen LogP contribution >= 0.6 is 0 Å². The van der Waals surface area contributed by atoms with Crippen LogP contribution in [0.5, 0.6) is 0 Å². The number of nitrogens with zero attached hydrogens (tertiary/aromatic N) is 3. The maximum atomic E-state index is 5.28. The van der Waals surface area contributed by atoms with Crippen molar-refractivity contribution in [2.75, 3.05) is 26.2 Å². The average Bonchev–Trinajstić information content (AvgIpc) is 2.91. The second kappa shape index (κ2) is 3.94. The Bertz CT molecular complexity index is 308. The summed E-state index contributed by atoms with van der Waals surface area (Å²) in [6.07, 6.45) is 8.95. The first kappa shape index (κ1) is 9.36. The van der Waals surface area contributed by atoms with Gasteiger partial charge in [0.25, 0.3) is 0 Å². The van der Waals surface area contributed by atoms with E-state index in [0.29, 0.717) is 12.1 Å². The molecule has 1 aromatic heterocycles. The molecule has 0 spiro atoms. The number of hydrogen-bond donors (Lipinski definition) is 0. The topological polar surface area (TPSA) is 33.6 Å². The van der Waals surface area contributed by atoms with Crippen molar-refractivity contribution >= 4 is 0 Å². The molecule has 15 heavy (non-hydrogen) atoms. The molecule has 1 aromatic rings. The number of ether oxygens (including phenoxy) is 1. The van der Waals surface area contributed by atoms with E-state index in [1.807, 2.05) is 12.5 Å². The molecule has 0 saturated carbocycles. The number of likely N-dealkylation sites (tertiary alicyclic amines) is 1. The van der Waals surface area contributed by atoms with Gasteiger partial charge in [-0.2, -0.15) is 0 Å². The predicted molar refractivity (Wildman–Crippen MR) is 56.7 cm³/mol. The molecule has 0 aliphatic carbocycles. The Morgan fingerprint density at radius 1 is 1.47 bits per heavy atom. The van der Waals surface area contributed by atoms with Crippen molar-refractivity contribution in [3.05, 3.63) is 18.7 Å². The first-order valence-electron chi connectivity index (χ1n) is 5.73. The summed E-state index contributed by atoms with van der Waals surface area (Å²) in [6, 6.07) is 0.611. The van der Waals surface area contributed by atoms with E-state index < -0.39 is 0 Å². The predicted octanol–water partition coefficient (Wildman–Crippen LogP) is 0.919. The van der Waals surface area contributed by atoms with Crippen LogP contribution in [-0.4, -0.2) is 46.8 Å². The first-order valence-corrected chi connectivity index (χ1v) is 5.73. The molecule has 0 radical (unpaired) electrons. The van der Waals surface area contributed by atoms with Crippen LogP contribution in [0.25, 0.3) is 0 Å². The molecule has 0 aromatic carbocycles. The minimum Gasteiger partial charge on any atom is -0.372 e. The number of hydrogen-bond acceptors (Lipinski definition) is 3. The molecular weight excluding hydrogens is 190 g/mol. The molecule has 4 nitrogen and oxygen atoms in total. The van der Waals surface area contributed by atoms with E-state index in [9.17, 15) is 0 Å². The van der Waals surface area contributed by atoms with Gasteiger partial charge in [0.05, 0.1) is 19.0 Å². The average molecular weight is 207 g/mol. The number of piperidine rings is 1. The van der Waals surface area contributed by atoms with Gasteiger partial charge in [-0.1, -0.05) is 0 Å². The molecule has 3 rings (SSSR count). The molecule has 2 aliphatic rings. The molecular formula is C11H17N3O. The van der Waals surface area contributed by atoms with Gasteiger partial charge in [0.1, 0.15) is 0 Å². The highest BCUT2D eigenvalue weighted by Crippen LogP contribution is 2.22. The standard InChI is InChI=1S/C11H17N3O/c1-2-10(14-5-3-12-9-14)6-13(4-1)7-11-8-15-11/h3,5,9-11H,1-2,4,6-8H2/t10-,11-/m1/s1. The summed E-state index contributed by atoms with van der Waals surface area (Å²) in [5.74, 6) is 0. The third-order valence-electron chi connectivity index (χ3n) is 3.29. The summed E-state index contributed by atoms with van der Waals surface area (Å²) in [4.78, 5) is 6.64. The number of rotatable bonds is 3. The van der Waals surface area contributed by atoms with Crippen molar-refractivity contribution < 1.29 is 4.74 Å². The zero-order valence-electron chi connectivity index (χ0n) is 8.88. The van der Waals surface area contributed by atoms with Crippen LogP contribution in [0.2, 0.25) is 0 Å². The maximum absolute atomic E-state index is 5.28. The summed E-state index contributed by atoms with van der Waals surface area (Å²) in [7, 11) is 0. The fourth-order valence-electron chi connectivity index (χ4n) is 2.39. The Morgan fingerprint density at radius 2 is 2.40 bits per heavy atom. The molecule has 82 valence electrons. The lowest BCUT2D eigenvalue weighted by Crippen LogP contribution is -2.38. The lowest BCUT2D eigenvalue weighted by molar-refractivity contribution is 0.164. The van der Waals surface area contributed by atoms with Crippen molar-refractivity contribution in [1.29, 1.82) is 0 Å². The van der Waals surface area contributed by atoms with Crippen molar-refractivity contribution in [3.63, 3.8) is 0 Å². The summed E-state index contributed by atoms with van der Waals surface area (Å²) >= 11 is 0. The highest BCUT2D eigenvalue weighted by atomic mass is 16.6. The quantitative estimate of drug-likeness (QED) is 0.691. The summed E-state index contributed by atoms with van der Waals surface area (Å²) in [6.45, 7) is 4.46. The van der Waals surface area contributed by atoms with Gasteiger partial charge in [-0.3, -0.25) is 4.90 Å². The summed E-state index contributed by atoms with van der Waals surface area (Å²) in [5.41, 5.74) is 0. The van der Waals surface area contributed by atoms with Crippen LogP contribution < -0.4 is 0 Å². The lowest BCUT2D eigenvalue weighted by atomic mass is 10.1. The molecule has 2 fully saturated rings.